The van der Waals surface area contributed by atoms with Gasteiger partial charge < -0.3 is 4.74 Å². The second-order valence-electron chi connectivity index (χ2n) is 4.08. The molecule has 1 aromatic rings. The Bertz CT molecular complexity index is 297. The van der Waals surface area contributed by atoms with Crippen LogP contribution < -0.4 is 4.74 Å². The number of hydrogen-bond acceptors (Lipinski definition) is 1. The van der Waals surface area contributed by atoms with Crippen molar-refractivity contribution in [3.63, 3.8) is 0 Å². The van der Waals surface area contributed by atoms with Crippen molar-refractivity contribution >= 4 is 0 Å². The van der Waals surface area contributed by atoms with Crippen molar-refractivity contribution in [1.29, 1.82) is 0 Å². The molecular weight excluding hydrogens is 164 g/mol. The van der Waals surface area contributed by atoms with Crippen molar-refractivity contribution < 1.29 is 9.84 Å². The van der Waals surface area contributed by atoms with Crippen LogP contribution in [0.5, 0.6) is 11.5 Å². The van der Waals surface area contributed by atoms with E-state index in [1.165, 1.54) is 0 Å². The minimum atomic E-state index is -0.163. The van der Waals surface area contributed by atoms with Crippen LogP contribution in [0.15, 0.2) is 18.2 Å². The van der Waals surface area contributed by atoms with Gasteiger partial charge in [-0.25, -0.2) is 0 Å². The van der Waals surface area contributed by atoms with Crippen molar-refractivity contribution in [2.24, 2.45) is 0 Å². The molecule has 0 spiro atoms. The maximum atomic E-state index is 11.6. The van der Waals surface area contributed by atoms with E-state index in [-0.39, 0.29) is 11.2 Å². The molecule has 13 heavy (non-hydrogen) atoms. The molecule has 0 saturated heterocycles. The van der Waals surface area contributed by atoms with Crippen LogP contribution >= 0.6 is 0 Å². The highest BCUT2D eigenvalue weighted by molar-refractivity contribution is 5.47. The van der Waals surface area contributed by atoms with E-state index >= 15 is 0 Å². The Morgan fingerprint density at radius 3 is 2.23 bits per heavy atom. The van der Waals surface area contributed by atoms with E-state index in [1.807, 2.05) is 26.8 Å². The van der Waals surface area contributed by atoms with E-state index in [0.29, 0.717) is 5.75 Å². The summed E-state index contributed by atoms with van der Waals surface area (Å²) in [7, 11) is 1.59. The van der Waals surface area contributed by atoms with Gasteiger partial charge in [0.1, 0.15) is 5.75 Å². The molecule has 0 fully saturated rings. The lowest BCUT2D eigenvalue weighted by Gasteiger charge is -2.21. The quantitative estimate of drug-likeness (QED) is 0.651. The zero-order chi connectivity index (χ0) is 10.1. The van der Waals surface area contributed by atoms with Crippen LogP contribution in [-0.4, -0.2) is 7.11 Å². The zero-order valence-corrected chi connectivity index (χ0v) is 8.55. The van der Waals surface area contributed by atoms with Gasteiger partial charge in [-0.15, -0.1) is 0 Å². The van der Waals surface area contributed by atoms with E-state index in [4.69, 9.17) is 4.74 Å². The smallest absolute Gasteiger partial charge is 0.186 e. The van der Waals surface area contributed by atoms with Crippen LogP contribution in [0.4, 0.5) is 0 Å². The first-order valence-electron chi connectivity index (χ1n) is 4.31. The fourth-order valence-corrected chi connectivity index (χ4v) is 1.42. The van der Waals surface area contributed by atoms with Crippen LogP contribution in [0.1, 0.15) is 26.3 Å². The first-order valence-corrected chi connectivity index (χ1v) is 4.31. The predicted molar refractivity (Wildman–Crippen MR) is 51.8 cm³/mol. The van der Waals surface area contributed by atoms with E-state index in [0.717, 1.165) is 5.56 Å². The molecule has 1 rings (SSSR count). The van der Waals surface area contributed by atoms with Gasteiger partial charge in [0.25, 0.3) is 0 Å². The Labute approximate surface area is 79.2 Å². The molecule has 71 valence electrons. The van der Waals surface area contributed by atoms with Gasteiger partial charge in [0.05, 0.1) is 7.11 Å². The Morgan fingerprint density at radius 2 is 1.85 bits per heavy atom. The second-order valence-corrected chi connectivity index (χ2v) is 4.08. The van der Waals surface area contributed by atoms with Gasteiger partial charge in [-0.3, -0.25) is 5.11 Å². The van der Waals surface area contributed by atoms with E-state index < -0.39 is 0 Å². The standard InChI is InChI=1S/C11H15O2/c1-11(2,3)10-8(12)6-5-7-9(10)13-4/h5-7H,1-4H3. The van der Waals surface area contributed by atoms with E-state index in [9.17, 15) is 5.11 Å². The van der Waals surface area contributed by atoms with Gasteiger partial charge in [0.2, 0.25) is 0 Å². The monoisotopic (exact) mass is 179 g/mol. The molecule has 0 amide bonds. The normalized spacial score (nSPS) is 11.4. The molecule has 2 heteroatoms. The topological polar surface area (TPSA) is 29.1 Å². The molecule has 0 N–H and O–H groups in total. The summed E-state index contributed by atoms with van der Waals surface area (Å²) < 4.78 is 5.15. The molecule has 1 aromatic carbocycles. The largest absolute Gasteiger partial charge is 0.496 e. The lowest BCUT2D eigenvalue weighted by Crippen LogP contribution is -2.12. The number of methoxy groups -OCH3 is 1. The minimum absolute atomic E-state index is 0.0480. The fourth-order valence-electron chi connectivity index (χ4n) is 1.42. The fraction of sp³-hybridized carbons (Fsp3) is 0.455. The zero-order valence-electron chi connectivity index (χ0n) is 8.55. The molecule has 0 aliphatic carbocycles. The first-order chi connectivity index (χ1) is 5.96. The van der Waals surface area contributed by atoms with Crippen LogP contribution in [0.25, 0.3) is 0 Å². The highest BCUT2D eigenvalue weighted by Crippen LogP contribution is 2.37. The Morgan fingerprint density at radius 1 is 1.23 bits per heavy atom. The molecule has 0 aliphatic heterocycles. The summed E-state index contributed by atoms with van der Waals surface area (Å²) in [6.45, 7) is 6.02. The Balaban J connectivity index is 3.32. The van der Waals surface area contributed by atoms with E-state index in [2.05, 4.69) is 0 Å². The molecule has 0 atom stereocenters. The van der Waals surface area contributed by atoms with Crippen LogP contribution in [0.2, 0.25) is 0 Å². The van der Waals surface area contributed by atoms with Crippen molar-refractivity contribution in [3.8, 4) is 11.5 Å². The lowest BCUT2D eigenvalue weighted by atomic mass is 9.85. The van der Waals surface area contributed by atoms with Crippen LogP contribution in [-0.2, 0) is 10.5 Å². The summed E-state index contributed by atoms with van der Waals surface area (Å²) in [6.07, 6.45) is 0. The van der Waals surface area contributed by atoms with Crippen molar-refractivity contribution in [1.82, 2.24) is 0 Å². The maximum absolute atomic E-state index is 11.6. The van der Waals surface area contributed by atoms with Crippen LogP contribution in [0, 0.1) is 0 Å². The van der Waals surface area contributed by atoms with Gasteiger partial charge in [0.15, 0.2) is 5.75 Å². The maximum Gasteiger partial charge on any atom is 0.186 e. The first kappa shape index (κ1) is 9.90. The molecule has 1 radical (unpaired) electrons. The summed E-state index contributed by atoms with van der Waals surface area (Å²) in [5, 5.41) is 11.6. The number of hydrogen-bond donors (Lipinski definition) is 0. The predicted octanol–water partition coefficient (Wildman–Crippen LogP) is 3.14. The molecule has 0 saturated carbocycles. The molecule has 0 bridgehead atoms. The van der Waals surface area contributed by atoms with E-state index in [1.54, 1.807) is 19.2 Å². The SMILES string of the molecule is COc1cccc([O])c1C(C)(C)C. The molecule has 0 unspecified atom stereocenters. The van der Waals surface area contributed by atoms with Gasteiger partial charge in [-0.05, 0) is 17.5 Å². The highest BCUT2D eigenvalue weighted by atomic mass is 16.5. The lowest BCUT2D eigenvalue weighted by molar-refractivity contribution is 0.328. The van der Waals surface area contributed by atoms with Gasteiger partial charge in [0, 0.05) is 5.56 Å². The summed E-state index contributed by atoms with van der Waals surface area (Å²) in [6, 6.07) is 5.11. The van der Waals surface area contributed by atoms with Crippen molar-refractivity contribution in [3.05, 3.63) is 23.8 Å². The van der Waals surface area contributed by atoms with Crippen molar-refractivity contribution in [2.75, 3.05) is 7.11 Å². The average molecular weight is 179 g/mol. The third-order valence-electron chi connectivity index (χ3n) is 1.96. The third kappa shape index (κ3) is 1.94. The molecular formula is C11H15O2. The number of benzene rings is 1. The summed E-state index contributed by atoms with van der Waals surface area (Å²) in [5.41, 5.74) is 0.585. The number of rotatable bonds is 1. The molecule has 0 aliphatic rings. The van der Waals surface area contributed by atoms with Crippen LogP contribution in [0.3, 0.4) is 0 Å². The summed E-state index contributed by atoms with van der Waals surface area (Å²) >= 11 is 0. The minimum Gasteiger partial charge on any atom is -0.496 e. The van der Waals surface area contributed by atoms with Gasteiger partial charge >= 0.3 is 0 Å². The Kier molecular flexibility index (Phi) is 2.50. The number of ether oxygens (including phenoxy) is 1. The van der Waals surface area contributed by atoms with Crippen molar-refractivity contribution in [2.45, 2.75) is 26.2 Å². The summed E-state index contributed by atoms with van der Waals surface area (Å²) in [5.74, 6) is 0.729. The van der Waals surface area contributed by atoms with Gasteiger partial charge in [-0.2, -0.15) is 0 Å². The molecule has 0 aromatic heterocycles. The summed E-state index contributed by atoms with van der Waals surface area (Å²) in [4.78, 5) is 0. The highest BCUT2D eigenvalue weighted by Gasteiger charge is 2.23. The Hall–Kier alpha value is -1.18. The average Bonchev–Trinajstić information content (AvgIpc) is 2.01. The third-order valence-corrected chi connectivity index (χ3v) is 1.96. The molecule has 0 heterocycles. The van der Waals surface area contributed by atoms with Gasteiger partial charge in [-0.1, -0.05) is 26.8 Å². The second kappa shape index (κ2) is 3.29. The molecule has 2 nitrogen and oxygen atoms in total.